The standard InChI is InChI=1S/C13H18ClFN2O3S/c1-17-4-2-3-10(7-17)16-21(19,20)11-5-9(8-18)13(14)12(15)6-11/h5-6,10,16,18H,2-4,7-8H2,1H3. The van der Waals surface area contributed by atoms with E-state index in [0.717, 1.165) is 25.5 Å². The van der Waals surface area contributed by atoms with Crippen molar-refractivity contribution in [2.75, 3.05) is 20.1 Å². The summed E-state index contributed by atoms with van der Waals surface area (Å²) in [6.07, 6.45) is 1.65. The first-order valence-corrected chi connectivity index (χ1v) is 8.49. The van der Waals surface area contributed by atoms with E-state index < -0.39 is 22.4 Å². The molecule has 1 saturated heterocycles. The van der Waals surface area contributed by atoms with Gasteiger partial charge in [-0.25, -0.2) is 17.5 Å². The summed E-state index contributed by atoms with van der Waals surface area (Å²) in [4.78, 5) is 1.82. The van der Waals surface area contributed by atoms with Crippen LogP contribution in [-0.4, -0.2) is 44.6 Å². The fourth-order valence-electron chi connectivity index (χ4n) is 2.44. The molecule has 0 saturated carbocycles. The minimum absolute atomic E-state index is 0.0535. The third kappa shape index (κ3) is 3.92. The van der Waals surface area contributed by atoms with Gasteiger partial charge >= 0.3 is 0 Å². The van der Waals surface area contributed by atoms with Gasteiger partial charge < -0.3 is 10.0 Å². The molecule has 2 N–H and O–H groups in total. The van der Waals surface area contributed by atoms with Crippen molar-refractivity contribution >= 4 is 21.6 Å². The number of likely N-dealkylation sites (tertiary alicyclic amines) is 1. The Morgan fingerprint density at radius 3 is 2.86 bits per heavy atom. The number of nitrogens with one attached hydrogen (secondary N) is 1. The molecule has 8 heteroatoms. The van der Waals surface area contributed by atoms with Crippen molar-refractivity contribution in [3.8, 4) is 0 Å². The number of aliphatic hydroxyl groups excluding tert-OH is 1. The van der Waals surface area contributed by atoms with Gasteiger partial charge in [-0.05, 0) is 38.6 Å². The Kier molecular flexibility index (Phi) is 5.21. The van der Waals surface area contributed by atoms with E-state index in [2.05, 4.69) is 4.72 Å². The maximum absolute atomic E-state index is 13.7. The SMILES string of the molecule is CN1CCCC(NS(=O)(=O)c2cc(F)c(Cl)c(CO)c2)C1. The second-order valence-corrected chi connectivity index (χ2v) is 7.35. The third-order valence-electron chi connectivity index (χ3n) is 3.50. The van der Waals surface area contributed by atoms with Gasteiger partial charge in [-0.2, -0.15) is 0 Å². The molecule has 0 amide bonds. The molecule has 0 bridgehead atoms. The van der Waals surface area contributed by atoms with Crippen LogP contribution in [-0.2, 0) is 16.6 Å². The van der Waals surface area contributed by atoms with E-state index in [4.69, 9.17) is 16.7 Å². The van der Waals surface area contributed by atoms with E-state index >= 15 is 0 Å². The summed E-state index contributed by atoms with van der Waals surface area (Å²) in [6, 6.07) is 1.86. The molecule has 1 fully saturated rings. The highest BCUT2D eigenvalue weighted by Crippen LogP contribution is 2.25. The molecule has 0 radical (unpaired) electrons. The van der Waals surface area contributed by atoms with Crippen molar-refractivity contribution in [2.45, 2.75) is 30.4 Å². The molecule has 1 aliphatic heterocycles. The number of piperidine rings is 1. The number of halogens is 2. The van der Waals surface area contributed by atoms with Gasteiger partial charge in [0.25, 0.3) is 0 Å². The molecule has 0 aromatic heterocycles. The molecule has 1 heterocycles. The van der Waals surface area contributed by atoms with Crippen LogP contribution in [0, 0.1) is 5.82 Å². The molecule has 0 aliphatic carbocycles. The van der Waals surface area contributed by atoms with E-state index in [0.29, 0.717) is 6.54 Å². The molecular weight excluding hydrogens is 319 g/mol. The van der Waals surface area contributed by atoms with Crippen LogP contribution in [0.15, 0.2) is 17.0 Å². The lowest BCUT2D eigenvalue weighted by molar-refractivity contribution is 0.242. The number of likely N-dealkylation sites (N-methyl/N-ethyl adjacent to an activating group) is 1. The monoisotopic (exact) mass is 336 g/mol. The van der Waals surface area contributed by atoms with E-state index in [-0.39, 0.29) is 21.5 Å². The van der Waals surface area contributed by atoms with Crippen LogP contribution in [0.3, 0.4) is 0 Å². The maximum atomic E-state index is 13.7. The zero-order chi connectivity index (χ0) is 15.6. The Balaban J connectivity index is 2.25. The lowest BCUT2D eigenvalue weighted by Gasteiger charge is -2.30. The zero-order valence-electron chi connectivity index (χ0n) is 11.6. The Labute approximate surface area is 128 Å². The molecule has 1 aromatic rings. The van der Waals surface area contributed by atoms with Crippen molar-refractivity contribution in [3.63, 3.8) is 0 Å². The summed E-state index contributed by atoms with van der Waals surface area (Å²) >= 11 is 5.67. The van der Waals surface area contributed by atoms with Crippen molar-refractivity contribution < 1.29 is 17.9 Å². The zero-order valence-corrected chi connectivity index (χ0v) is 13.2. The normalized spacial score (nSPS) is 20.7. The van der Waals surface area contributed by atoms with Crippen LogP contribution in [0.2, 0.25) is 5.02 Å². The average Bonchev–Trinajstić information content (AvgIpc) is 2.41. The first-order chi connectivity index (χ1) is 9.83. The quantitative estimate of drug-likeness (QED) is 0.870. The summed E-state index contributed by atoms with van der Waals surface area (Å²) in [6.45, 7) is 1.02. The van der Waals surface area contributed by atoms with E-state index in [1.165, 1.54) is 6.07 Å². The molecule has 2 rings (SSSR count). The lowest BCUT2D eigenvalue weighted by Crippen LogP contribution is -2.46. The van der Waals surface area contributed by atoms with Crippen molar-refractivity contribution in [1.82, 2.24) is 9.62 Å². The molecule has 1 aromatic carbocycles. The van der Waals surface area contributed by atoms with E-state index in [1.807, 2.05) is 11.9 Å². The fraction of sp³-hybridized carbons (Fsp3) is 0.538. The third-order valence-corrected chi connectivity index (χ3v) is 5.43. The summed E-state index contributed by atoms with van der Waals surface area (Å²) in [5.74, 6) is -0.857. The Morgan fingerprint density at radius 1 is 1.52 bits per heavy atom. The van der Waals surface area contributed by atoms with Crippen LogP contribution in [0.4, 0.5) is 4.39 Å². The van der Waals surface area contributed by atoms with Gasteiger partial charge in [0.05, 0.1) is 16.5 Å². The highest BCUT2D eigenvalue weighted by Gasteiger charge is 2.25. The Morgan fingerprint density at radius 2 is 2.24 bits per heavy atom. The van der Waals surface area contributed by atoms with Gasteiger partial charge in [0.2, 0.25) is 10.0 Å². The van der Waals surface area contributed by atoms with Crippen LogP contribution in [0.1, 0.15) is 18.4 Å². The first kappa shape index (κ1) is 16.6. The van der Waals surface area contributed by atoms with E-state index in [9.17, 15) is 12.8 Å². The number of hydrogen-bond acceptors (Lipinski definition) is 4. The fourth-order valence-corrected chi connectivity index (χ4v) is 3.93. The Hall–Kier alpha value is -0.730. The first-order valence-electron chi connectivity index (χ1n) is 6.63. The molecule has 1 unspecified atom stereocenters. The minimum Gasteiger partial charge on any atom is -0.392 e. The predicted octanol–water partition coefficient (Wildman–Crippen LogP) is 1.34. The van der Waals surface area contributed by atoms with Gasteiger partial charge in [-0.15, -0.1) is 0 Å². The van der Waals surface area contributed by atoms with Crippen molar-refractivity contribution in [2.24, 2.45) is 0 Å². The molecule has 1 aliphatic rings. The summed E-state index contributed by atoms with van der Waals surface area (Å²) in [7, 11) is -1.92. The topological polar surface area (TPSA) is 69.6 Å². The van der Waals surface area contributed by atoms with Crippen LogP contribution in [0.5, 0.6) is 0 Å². The molecular formula is C13H18ClFN2O3S. The highest BCUT2D eigenvalue weighted by molar-refractivity contribution is 7.89. The smallest absolute Gasteiger partial charge is 0.240 e. The number of aliphatic hydroxyl groups is 1. The van der Waals surface area contributed by atoms with Crippen molar-refractivity contribution in [1.29, 1.82) is 0 Å². The van der Waals surface area contributed by atoms with Crippen LogP contribution < -0.4 is 4.72 Å². The summed E-state index contributed by atoms with van der Waals surface area (Å²) in [5.41, 5.74) is 0.0535. The second kappa shape index (κ2) is 6.58. The van der Waals surface area contributed by atoms with Crippen molar-refractivity contribution in [3.05, 3.63) is 28.5 Å². The number of hydrogen-bond donors (Lipinski definition) is 2. The summed E-state index contributed by atoms with van der Waals surface area (Å²) in [5, 5.41) is 8.86. The number of sulfonamides is 1. The number of benzene rings is 1. The lowest BCUT2D eigenvalue weighted by atomic mass is 10.1. The van der Waals surface area contributed by atoms with E-state index in [1.54, 1.807) is 0 Å². The van der Waals surface area contributed by atoms with Gasteiger partial charge in [0.1, 0.15) is 5.82 Å². The molecule has 0 spiro atoms. The average molecular weight is 337 g/mol. The van der Waals surface area contributed by atoms with Crippen LogP contribution in [0.25, 0.3) is 0 Å². The molecule has 21 heavy (non-hydrogen) atoms. The largest absolute Gasteiger partial charge is 0.392 e. The minimum atomic E-state index is -3.84. The van der Waals surface area contributed by atoms with Crippen LogP contribution >= 0.6 is 11.6 Å². The van der Waals surface area contributed by atoms with Gasteiger partial charge in [0, 0.05) is 18.2 Å². The van der Waals surface area contributed by atoms with Gasteiger partial charge in [0.15, 0.2) is 0 Å². The molecule has 118 valence electrons. The molecule has 5 nitrogen and oxygen atoms in total. The molecule has 1 atom stereocenters. The Bertz CT molecular complexity index is 624. The predicted molar refractivity (Wildman–Crippen MR) is 78.2 cm³/mol. The maximum Gasteiger partial charge on any atom is 0.240 e. The summed E-state index contributed by atoms with van der Waals surface area (Å²) < 4.78 is 40.9. The number of rotatable bonds is 4. The highest BCUT2D eigenvalue weighted by atomic mass is 35.5. The van der Waals surface area contributed by atoms with Gasteiger partial charge in [-0.1, -0.05) is 11.6 Å². The second-order valence-electron chi connectivity index (χ2n) is 5.26. The van der Waals surface area contributed by atoms with Gasteiger partial charge in [-0.3, -0.25) is 0 Å². The number of nitrogens with zero attached hydrogens (tertiary/aromatic N) is 1.